The van der Waals surface area contributed by atoms with Gasteiger partial charge in [-0.1, -0.05) is 0 Å². The molecule has 0 aromatic carbocycles. The van der Waals surface area contributed by atoms with E-state index in [1.165, 1.54) is 6.21 Å². The predicted molar refractivity (Wildman–Crippen MR) is 36.2 cm³/mol. The Morgan fingerprint density at radius 2 is 2.40 bits per heavy atom. The average Bonchev–Trinajstić information content (AvgIpc) is 1.88. The Kier molecular flexibility index (Phi) is 1.71. The summed E-state index contributed by atoms with van der Waals surface area (Å²) >= 11 is 0. The van der Waals surface area contributed by atoms with E-state index in [4.69, 9.17) is 0 Å². The highest BCUT2D eigenvalue weighted by atomic mass is 16.2. The molecule has 0 saturated heterocycles. The first kappa shape index (κ1) is 6.80. The van der Waals surface area contributed by atoms with E-state index in [-0.39, 0.29) is 0 Å². The molecule has 0 saturated carbocycles. The van der Waals surface area contributed by atoms with Crippen molar-refractivity contribution in [3.63, 3.8) is 0 Å². The van der Waals surface area contributed by atoms with Crippen LogP contribution in [-0.2, 0) is 9.59 Å². The largest absolute Gasteiger partial charge is 0.302 e. The fraction of sp³-hybridized carbons (Fsp3) is 0.333. The van der Waals surface area contributed by atoms with Gasteiger partial charge in [0.05, 0.1) is 0 Å². The van der Waals surface area contributed by atoms with Crippen molar-refractivity contribution >= 4 is 24.2 Å². The summed E-state index contributed by atoms with van der Waals surface area (Å²) in [5.74, 6) is -0.783. The van der Waals surface area contributed by atoms with E-state index in [1.54, 1.807) is 6.92 Å². The zero-order valence-electron chi connectivity index (χ0n) is 5.44. The van der Waals surface area contributed by atoms with Crippen LogP contribution in [0.4, 0.5) is 0 Å². The van der Waals surface area contributed by atoms with Crippen LogP contribution in [0.15, 0.2) is 9.98 Å². The van der Waals surface area contributed by atoms with Gasteiger partial charge < -0.3 is 4.79 Å². The van der Waals surface area contributed by atoms with E-state index in [0.717, 1.165) is 0 Å². The molecule has 0 aromatic rings. The van der Waals surface area contributed by atoms with Crippen molar-refractivity contribution in [1.82, 2.24) is 0 Å². The van der Waals surface area contributed by atoms with Crippen LogP contribution in [0.1, 0.15) is 6.92 Å². The Bertz CT molecular complexity index is 230. The summed E-state index contributed by atoms with van der Waals surface area (Å²) in [5.41, 5.74) is 0. The van der Waals surface area contributed by atoms with Gasteiger partial charge >= 0.3 is 0 Å². The lowest BCUT2D eigenvalue weighted by Crippen LogP contribution is -2.20. The van der Waals surface area contributed by atoms with Crippen LogP contribution in [-0.4, -0.2) is 24.2 Å². The molecule has 0 N–H and O–H groups in total. The third-order valence-corrected chi connectivity index (χ3v) is 1.13. The first-order valence-electron chi connectivity index (χ1n) is 2.82. The number of hydrogen-bond acceptors (Lipinski definition) is 3. The smallest absolute Gasteiger partial charge is 0.263 e. The van der Waals surface area contributed by atoms with E-state index in [1.807, 2.05) is 0 Å². The standard InChI is InChI=1S/C6H6N2O2/c1-4-7-2-5(3-9)6(10)8-4/h2-3,5H,1H3. The Balaban J connectivity index is 2.83. The molecule has 0 spiro atoms. The molecule has 0 aromatic heterocycles. The molecule has 0 radical (unpaired) electrons. The van der Waals surface area contributed by atoms with Crippen molar-refractivity contribution in [2.75, 3.05) is 0 Å². The number of aliphatic imine (C=N–C) groups is 2. The molecule has 0 aliphatic carbocycles. The maximum absolute atomic E-state index is 10.7. The van der Waals surface area contributed by atoms with Gasteiger partial charge in [0, 0.05) is 6.21 Å². The number of rotatable bonds is 1. The molecule has 4 nitrogen and oxygen atoms in total. The van der Waals surface area contributed by atoms with E-state index in [9.17, 15) is 9.59 Å². The molecule has 52 valence electrons. The molecular formula is C6H6N2O2. The summed E-state index contributed by atoms with van der Waals surface area (Å²) in [6.07, 6.45) is 1.83. The van der Waals surface area contributed by atoms with Gasteiger partial charge in [-0.15, -0.1) is 0 Å². The van der Waals surface area contributed by atoms with E-state index >= 15 is 0 Å². The maximum atomic E-state index is 10.7. The normalized spacial score (nSPS) is 24.3. The second-order valence-electron chi connectivity index (χ2n) is 1.94. The number of carbonyl (C=O) groups is 2. The first-order chi connectivity index (χ1) is 4.74. The van der Waals surface area contributed by atoms with Crippen molar-refractivity contribution in [1.29, 1.82) is 0 Å². The predicted octanol–water partition coefficient (Wildman–Crippen LogP) is -0.169. The summed E-state index contributed by atoms with van der Waals surface area (Å²) < 4.78 is 0. The van der Waals surface area contributed by atoms with Crippen LogP contribution in [0, 0.1) is 5.92 Å². The van der Waals surface area contributed by atoms with E-state index < -0.39 is 11.8 Å². The Hall–Kier alpha value is -1.32. The van der Waals surface area contributed by atoms with Gasteiger partial charge in [0.2, 0.25) is 0 Å². The minimum Gasteiger partial charge on any atom is -0.302 e. The molecule has 1 amide bonds. The lowest BCUT2D eigenvalue weighted by Gasteiger charge is -2.03. The molecule has 10 heavy (non-hydrogen) atoms. The Labute approximate surface area is 57.7 Å². The third kappa shape index (κ3) is 1.15. The topological polar surface area (TPSA) is 58.9 Å². The number of aldehydes is 1. The zero-order chi connectivity index (χ0) is 7.56. The summed E-state index contributed by atoms with van der Waals surface area (Å²) in [6, 6.07) is 0. The SMILES string of the molecule is CC1=NC(=O)C(C=O)C=N1. The minimum absolute atomic E-state index is 0.406. The molecular weight excluding hydrogens is 132 g/mol. The zero-order valence-corrected chi connectivity index (χ0v) is 5.44. The van der Waals surface area contributed by atoms with Gasteiger partial charge in [-0.2, -0.15) is 4.99 Å². The van der Waals surface area contributed by atoms with Crippen molar-refractivity contribution in [2.45, 2.75) is 6.92 Å². The van der Waals surface area contributed by atoms with Crippen molar-refractivity contribution < 1.29 is 9.59 Å². The van der Waals surface area contributed by atoms with Crippen LogP contribution >= 0.6 is 0 Å². The van der Waals surface area contributed by atoms with Crippen LogP contribution in [0.2, 0.25) is 0 Å². The summed E-state index contributed by atoms with van der Waals surface area (Å²) in [7, 11) is 0. The summed E-state index contributed by atoms with van der Waals surface area (Å²) in [5, 5.41) is 0. The lowest BCUT2D eigenvalue weighted by atomic mass is 10.2. The summed E-state index contributed by atoms with van der Waals surface area (Å²) in [6.45, 7) is 1.61. The van der Waals surface area contributed by atoms with E-state index in [2.05, 4.69) is 9.98 Å². The van der Waals surface area contributed by atoms with Crippen LogP contribution in [0.3, 0.4) is 0 Å². The number of amides is 1. The highest BCUT2D eigenvalue weighted by molar-refractivity contribution is 6.15. The average molecular weight is 138 g/mol. The fourth-order valence-electron chi connectivity index (χ4n) is 0.608. The van der Waals surface area contributed by atoms with Crippen LogP contribution in [0.5, 0.6) is 0 Å². The number of nitrogens with zero attached hydrogens (tertiary/aromatic N) is 2. The van der Waals surface area contributed by atoms with Gasteiger partial charge in [-0.25, -0.2) is 4.99 Å². The van der Waals surface area contributed by atoms with Gasteiger partial charge in [0.15, 0.2) is 0 Å². The van der Waals surface area contributed by atoms with Gasteiger partial charge in [0.25, 0.3) is 5.91 Å². The number of carbonyl (C=O) groups excluding carboxylic acids is 2. The first-order valence-corrected chi connectivity index (χ1v) is 2.82. The second kappa shape index (κ2) is 2.51. The molecule has 1 unspecified atom stereocenters. The molecule has 1 aliphatic rings. The molecule has 0 fully saturated rings. The Morgan fingerprint density at radius 1 is 1.70 bits per heavy atom. The molecule has 0 bridgehead atoms. The quantitative estimate of drug-likeness (QED) is 0.373. The molecule has 1 rings (SSSR count). The summed E-state index contributed by atoms with van der Waals surface area (Å²) in [4.78, 5) is 28.0. The van der Waals surface area contributed by atoms with Crippen LogP contribution in [0.25, 0.3) is 0 Å². The van der Waals surface area contributed by atoms with Crippen molar-refractivity contribution in [3.8, 4) is 0 Å². The molecule has 4 heteroatoms. The highest BCUT2D eigenvalue weighted by Gasteiger charge is 2.17. The lowest BCUT2D eigenvalue weighted by molar-refractivity contribution is -0.123. The van der Waals surface area contributed by atoms with Gasteiger partial charge in [-0.05, 0) is 6.92 Å². The second-order valence-corrected chi connectivity index (χ2v) is 1.94. The van der Waals surface area contributed by atoms with Crippen molar-refractivity contribution in [3.05, 3.63) is 0 Å². The van der Waals surface area contributed by atoms with E-state index in [0.29, 0.717) is 12.1 Å². The molecule has 1 heterocycles. The number of hydrogen-bond donors (Lipinski definition) is 0. The monoisotopic (exact) mass is 138 g/mol. The molecule has 1 aliphatic heterocycles. The third-order valence-electron chi connectivity index (χ3n) is 1.13. The van der Waals surface area contributed by atoms with Gasteiger partial charge in [-0.3, -0.25) is 4.79 Å². The van der Waals surface area contributed by atoms with Gasteiger partial charge in [0.1, 0.15) is 18.0 Å². The minimum atomic E-state index is -0.760. The fourth-order valence-corrected chi connectivity index (χ4v) is 0.608. The molecule has 1 atom stereocenters. The van der Waals surface area contributed by atoms with Crippen molar-refractivity contribution in [2.24, 2.45) is 15.9 Å². The van der Waals surface area contributed by atoms with Crippen LogP contribution < -0.4 is 0 Å². The Morgan fingerprint density at radius 3 is 2.90 bits per heavy atom. The number of amidine groups is 1. The maximum Gasteiger partial charge on any atom is 0.263 e. The highest BCUT2D eigenvalue weighted by Crippen LogP contribution is 1.99.